The van der Waals surface area contributed by atoms with Crippen LogP contribution in [0, 0.1) is 17.0 Å². The maximum absolute atomic E-state index is 14.4. The van der Waals surface area contributed by atoms with E-state index in [1.165, 1.54) is 6.20 Å². The normalized spacial score (nSPS) is 11.4. The third kappa shape index (κ3) is 7.39. The van der Waals surface area contributed by atoms with Gasteiger partial charge in [0, 0.05) is 12.4 Å². The Morgan fingerprint density at radius 1 is 1.17 bits per heavy atom. The minimum atomic E-state index is -0.987. The van der Waals surface area contributed by atoms with E-state index in [0.717, 1.165) is 24.4 Å². The van der Waals surface area contributed by atoms with E-state index in [9.17, 15) is 23.2 Å². The lowest BCUT2D eigenvalue weighted by molar-refractivity contribution is -0.153. The van der Waals surface area contributed by atoms with Crippen LogP contribution in [0.1, 0.15) is 48.5 Å². The van der Waals surface area contributed by atoms with Gasteiger partial charge in [-0.3, -0.25) is 9.59 Å². The molecule has 1 aromatic heterocycles. The first kappa shape index (κ1) is 27.0. The number of ether oxygens (including phenoxy) is 2. The fourth-order valence-corrected chi connectivity index (χ4v) is 2.75. The van der Waals surface area contributed by atoms with E-state index < -0.39 is 51.8 Å². The molecule has 0 saturated heterocycles. The van der Waals surface area contributed by atoms with Crippen LogP contribution in [0.15, 0.2) is 30.1 Å². The highest BCUT2D eigenvalue weighted by Crippen LogP contribution is 2.27. The molecule has 35 heavy (non-hydrogen) atoms. The van der Waals surface area contributed by atoms with Crippen LogP contribution in [0.4, 0.5) is 14.6 Å². The molecule has 3 N–H and O–H groups in total. The molecule has 1 aromatic carbocycles. The summed E-state index contributed by atoms with van der Waals surface area (Å²) in [5.74, 6) is -4.36. The molecule has 0 fully saturated rings. The van der Waals surface area contributed by atoms with Crippen LogP contribution in [0.5, 0.6) is 0 Å². The summed E-state index contributed by atoms with van der Waals surface area (Å²) in [6.45, 7) is 6.38. The number of carbonyl (C=O) groups is 3. The van der Waals surface area contributed by atoms with E-state index in [0.29, 0.717) is 0 Å². The fourth-order valence-electron chi connectivity index (χ4n) is 2.75. The van der Waals surface area contributed by atoms with Crippen molar-refractivity contribution in [1.29, 1.82) is 5.41 Å². The van der Waals surface area contributed by atoms with Gasteiger partial charge in [-0.2, -0.15) is 0 Å². The van der Waals surface area contributed by atoms with E-state index in [1.54, 1.807) is 27.7 Å². The van der Waals surface area contributed by atoms with E-state index in [1.807, 2.05) is 0 Å². The topological polar surface area (TPSA) is 143 Å². The molecule has 186 valence electrons. The van der Waals surface area contributed by atoms with Gasteiger partial charge in [-0.1, -0.05) is 6.07 Å². The van der Waals surface area contributed by atoms with Crippen LogP contribution in [-0.4, -0.2) is 53.2 Å². The zero-order chi connectivity index (χ0) is 26.2. The van der Waals surface area contributed by atoms with Gasteiger partial charge in [0.25, 0.3) is 0 Å². The first-order chi connectivity index (χ1) is 16.5. The summed E-state index contributed by atoms with van der Waals surface area (Å²) in [6, 6.07) is 3.11. The Kier molecular flexibility index (Phi) is 9.09. The SMILES string of the molecule is CCOC(=O)c1c(C=O)nc(-c2c(F)cccc2F)nc1N/C(C=N)=C/NCC(=O)OC(C)(C)C. The lowest BCUT2D eigenvalue weighted by atomic mass is 10.1. The van der Waals surface area contributed by atoms with Gasteiger partial charge >= 0.3 is 11.9 Å². The van der Waals surface area contributed by atoms with Gasteiger partial charge in [0.15, 0.2) is 12.1 Å². The van der Waals surface area contributed by atoms with Gasteiger partial charge in [-0.15, -0.1) is 0 Å². The number of allylic oxidation sites excluding steroid dienone is 1. The van der Waals surface area contributed by atoms with Gasteiger partial charge in [0.1, 0.15) is 40.9 Å². The molecule has 10 nitrogen and oxygen atoms in total. The Morgan fingerprint density at radius 3 is 2.37 bits per heavy atom. The molecular weight excluding hydrogens is 464 g/mol. The molecule has 2 rings (SSSR count). The molecule has 0 aliphatic carbocycles. The number of nitrogens with zero attached hydrogens (tertiary/aromatic N) is 2. The first-order valence-electron chi connectivity index (χ1n) is 10.4. The van der Waals surface area contributed by atoms with Crippen LogP contribution >= 0.6 is 0 Å². The number of hydrogen-bond acceptors (Lipinski definition) is 10. The number of esters is 2. The van der Waals surface area contributed by atoms with Gasteiger partial charge in [0.05, 0.1) is 17.9 Å². The quantitative estimate of drug-likeness (QED) is 0.260. The number of hydrogen-bond donors (Lipinski definition) is 3. The van der Waals surface area contributed by atoms with Crippen LogP contribution in [0.2, 0.25) is 0 Å². The minimum Gasteiger partial charge on any atom is -0.462 e. The van der Waals surface area contributed by atoms with Crippen molar-refractivity contribution in [2.24, 2.45) is 0 Å². The highest BCUT2D eigenvalue weighted by molar-refractivity contribution is 6.02. The number of nitrogens with one attached hydrogen (secondary N) is 3. The number of aldehydes is 1. The Bertz CT molecular complexity index is 1140. The molecule has 0 unspecified atom stereocenters. The highest BCUT2D eigenvalue weighted by Gasteiger charge is 2.25. The molecule has 12 heteroatoms. The number of carbonyl (C=O) groups excluding carboxylic acids is 3. The predicted molar refractivity (Wildman–Crippen MR) is 123 cm³/mol. The van der Waals surface area contributed by atoms with Gasteiger partial charge in [-0.05, 0) is 39.8 Å². The molecule has 0 saturated carbocycles. The third-order valence-corrected chi connectivity index (χ3v) is 4.06. The fraction of sp³-hybridized carbons (Fsp3) is 0.304. The number of anilines is 1. The van der Waals surface area contributed by atoms with E-state index in [4.69, 9.17) is 14.9 Å². The maximum atomic E-state index is 14.4. The van der Waals surface area contributed by atoms with Crippen LogP contribution in [0.25, 0.3) is 11.4 Å². The van der Waals surface area contributed by atoms with Gasteiger partial charge in [-0.25, -0.2) is 23.5 Å². The molecule has 0 aliphatic heterocycles. The molecule has 0 aliphatic rings. The number of benzene rings is 1. The van der Waals surface area contributed by atoms with Gasteiger partial charge in [0.2, 0.25) is 0 Å². The Hall–Kier alpha value is -4.22. The van der Waals surface area contributed by atoms with Crippen molar-refractivity contribution in [3.05, 3.63) is 53.0 Å². The van der Waals surface area contributed by atoms with Crippen LogP contribution < -0.4 is 10.6 Å². The highest BCUT2D eigenvalue weighted by atomic mass is 19.1. The van der Waals surface area contributed by atoms with Crippen molar-refractivity contribution in [3.63, 3.8) is 0 Å². The van der Waals surface area contributed by atoms with Crippen molar-refractivity contribution < 1.29 is 32.6 Å². The summed E-state index contributed by atoms with van der Waals surface area (Å²) in [7, 11) is 0. The summed E-state index contributed by atoms with van der Waals surface area (Å²) in [5.41, 5.74) is -2.21. The van der Waals surface area contributed by atoms with E-state index in [2.05, 4.69) is 20.6 Å². The Labute approximate surface area is 200 Å². The summed E-state index contributed by atoms with van der Waals surface area (Å²) in [6.07, 6.45) is 2.26. The largest absolute Gasteiger partial charge is 0.462 e. The van der Waals surface area contributed by atoms with E-state index in [-0.39, 0.29) is 31.0 Å². The van der Waals surface area contributed by atoms with E-state index >= 15 is 0 Å². The second kappa shape index (κ2) is 11.8. The van der Waals surface area contributed by atoms with Crippen LogP contribution in [-0.2, 0) is 14.3 Å². The Balaban J connectivity index is 2.50. The number of rotatable bonds is 10. The molecule has 0 radical (unpaired) electrons. The molecule has 0 atom stereocenters. The second-order valence-corrected chi connectivity index (χ2v) is 7.93. The third-order valence-electron chi connectivity index (χ3n) is 4.06. The lowest BCUT2D eigenvalue weighted by Crippen LogP contribution is -2.30. The average molecular weight is 489 g/mol. The van der Waals surface area contributed by atoms with Crippen molar-refractivity contribution in [2.45, 2.75) is 33.3 Å². The minimum absolute atomic E-state index is 0.0189. The standard InChI is InChI=1S/C23H25F2N5O5/c1-5-34-22(33)19-16(12-31)29-20(18-14(24)7-6-8-15(18)25)30-21(19)28-13(9-26)10-27-11-17(32)35-23(2,3)4/h6-10,12,26-27H,5,11H2,1-4H3,(H,28,29,30)/b13-10+,26-9?. The molecule has 2 aromatic rings. The molecule has 0 amide bonds. The van der Waals surface area contributed by atoms with Crippen molar-refractivity contribution in [1.82, 2.24) is 15.3 Å². The molecule has 0 spiro atoms. The molecule has 1 heterocycles. The Morgan fingerprint density at radius 2 is 1.83 bits per heavy atom. The van der Waals surface area contributed by atoms with Crippen molar-refractivity contribution in [3.8, 4) is 11.4 Å². The number of halogens is 2. The zero-order valence-corrected chi connectivity index (χ0v) is 19.6. The summed E-state index contributed by atoms with van der Waals surface area (Å²) in [5, 5.41) is 12.9. The van der Waals surface area contributed by atoms with Crippen molar-refractivity contribution >= 4 is 30.3 Å². The van der Waals surface area contributed by atoms with Gasteiger partial charge < -0.3 is 25.5 Å². The smallest absolute Gasteiger partial charge is 0.344 e. The predicted octanol–water partition coefficient (Wildman–Crippen LogP) is 3.25. The van der Waals surface area contributed by atoms with Crippen molar-refractivity contribution in [2.75, 3.05) is 18.5 Å². The maximum Gasteiger partial charge on any atom is 0.344 e. The average Bonchev–Trinajstić information content (AvgIpc) is 2.76. The first-order valence-corrected chi connectivity index (χ1v) is 10.4. The zero-order valence-electron chi connectivity index (χ0n) is 19.6. The van der Waals surface area contributed by atoms with Crippen LogP contribution in [0.3, 0.4) is 0 Å². The molecular formula is C23H25F2N5O5. The summed E-state index contributed by atoms with van der Waals surface area (Å²) < 4.78 is 38.8. The number of aromatic nitrogens is 2. The summed E-state index contributed by atoms with van der Waals surface area (Å²) >= 11 is 0. The second-order valence-electron chi connectivity index (χ2n) is 7.93. The summed E-state index contributed by atoms with van der Waals surface area (Å²) in [4.78, 5) is 44.0. The molecule has 0 bridgehead atoms. The lowest BCUT2D eigenvalue weighted by Gasteiger charge is -2.19. The monoisotopic (exact) mass is 489 g/mol.